The van der Waals surface area contributed by atoms with Crippen LogP contribution in [0.15, 0.2) is 54.7 Å². The van der Waals surface area contributed by atoms with Crippen molar-refractivity contribution in [1.82, 2.24) is 15.6 Å². The maximum Gasteiger partial charge on any atom is 0.249 e. The number of nitrogens with zero attached hydrogens (tertiary/aromatic N) is 2. The number of para-hydroxylation sites is 2. The summed E-state index contributed by atoms with van der Waals surface area (Å²) in [6, 6.07) is 15.3. The number of nitrogens with one attached hydrogen (secondary N) is 2. The fraction of sp³-hybridized carbons (Fsp3) is 0.370. The van der Waals surface area contributed by atoms with Gasteiger partial charge in [0, 0.05) is 17.3 Å². The molecule has 0 bridgehead atoms. The van der Waals surface area contributed by atoms with Gasteiger partial charge in [0.05, 0.1) is 18.1 Å². The predicted octanol–water partition coefficient (Wildman–Crippen LogP) is 4.53. The molecule has 186 valence electrons. The van der Waals surface area contributed by atoms with Crippen LogP contribution >= 0.6 is 24.8 Å². The van der Waals surface area contributed by atoms with E-state index in [9.17, 15) is 9.59 Å². The zero-order chi connectivity index (χ0) is 22.9. The average Bonchev–Trinajstić information content (AvgIpc) is 3.70. The van der Waals surface area contributed by atoms with Crippen LogP contribution in [0.4, 0.5) is 5.69 Å². The van der Waals surface area contributed by atoms with Gasteiger partial charge in [0.25, 0.3) is 0 Å². The lowest BCUT2D eigenvalue weighted by Crippen LogP contribution is -2.52. The van der Waals surface area contributed by atoms with Crippen LogP contribution in [0.5, 0.6) is 0 Å². The highest BCUT2D eigenvalue weighted by Gasteiger charge is 2.34. The highest BCUT2D eigenvalue weighted by molar-refractivity contribution is 6.01. The summed E-state index contributed by atoms with van der Waals surface area (Å²) in [5.41, 5.74) is 5.42. The summed E-state index contributed by atoms with van der Waals surface area (Å²) in [4.78, 5) is 33.1. The van der Waals surface area contributed by atoms with E-state index in [-0.39, 0.29) is 42.7 Å². The van der Waals surface area contributed by atoms with Crippen molar-refractivity contribution in [1.29, 1.82) is 0 Å². The second-order valence-electron chi connectivity index (χ2n) is 9.15. The van der Waals surface area contributed by atoms with E-state index in [1.165, 1.54) is 11.1 Å². The molecule has 2 N–H and O–H groups in total. The van der Waals surface area contributed by atoms with Gasteiger partial charge >= 0.3 is 0 Å². The van der Waals surface area contributed by atoms with Crippen molar-refractivity contribution < 1.29 is 9.59 Å². The third-order valence-electron chi connectivity index (χ3n) is 6.95. The molecule has 1 aliphatic heterocycles. The topological polar surface area (TPSA) is 74.3 Å². The molecule has 8 heteroatoms. The van der Waals surface area contributed by atoms with E-state index in [4.69, 9.17) is 4.98 Å². The van der Waals surface area contributed by atoms with Gasteiger partial charge in [-0.2, -0.15) is 0 Å². The number of aryl methyl sites for hydroxylation is 1. The van der Waals surface area contributed by atoms with Crippen LogP contribution in [0.25, 0.3) is 10.9 Å². The Hall–Kier alpha value is -2.67. The zero-order valence-corrected chi connectivity index (χ0v) is 21.6. The monoisotopic (exact) mass is 514 g/mol. The smallest absolute Gasteiger partial charge is 0.249 e. The first-order valence-electron chi connectivity index (χ1n) is 11.8. The van der Waals surface area contributed by atoms with E-state index in [1.54, 1.807) is 14.0 Å². The number of amides is 2. The van der Waals surface area contributed by atoms with Gasteiger partial charge in [0.15, 0.2) is 0 Å². The lowest BCUT2D eigenvalue weighted by atomic mass is 9.99. The molecule has 2 heterocycles. The highest BCUT2D eigenvalue weighted by Crippen LogP contribution is 2.43. The summed E-state index contributed by atoms with van der Waals surface area (Å²) >= 11 is 0. The molecular weight excluding hydrogens is 483 g/mol. The van der Waals surface area contributed by atoms with Crippen LogP contribution in [0.2, 0.25) is 0 Å². The first kappa shape index (κ1) is 26.9. The minimum Gasteiger partial charge on any atom is -0.343 e. The van der Waals surface area contributed by atoms with Crippen LogP contribution in [-0.2, 0) is 22.6 Å². The second-order valence-corrected chi connectivity index (χ2v) is 9.15. The molecule has 2 aromatic carbocycles. The molecule has 1 fully saturated rings. The number of carbonyl (C=O) groups is 2. The van der Waals surface area contributed by atoms with E-state index in [2.05, 4.69) is 22.8 Å². The number of benzene rings is 2. The quantitative estimate of drug-likeness (QED) is 0.506. The Labute approximate surface area is 218 Å². The van der Waals surface area contributed by atoms with Crippen LogP contribution in [0, 0.1) is 0 Å². The molecule has 2 atom stereocenters. The maximum absolute atomic E-state index is 13.9. The zero-order valence-electron chi connectivity index (χ0n) is 20.0. The van der Waals surface area contributed by atoms with Crippen LogP contribution in [0.1, 0.15) is 48.8 Å². The summed E-state index contributed by atoms with van der Waals surface area (Å²) in [6.45, 7) is 2.27. The molecule has 6 nitrogen and oxygen atoms in total. The second kappa shape index (κ2) is 11.4. The fourth-order valence-corrected chi connectivity index (χ4v) is 4.74. The van der Waals surface area contributed by atoms with Gasteiger partial charge in [0.1, 0.15) is 6.04 Å². The Bertz CT molecular complexity index is 1210. The van der Waals surface area contributed by atoms with E-state index >= 15 is 0 Å². The number of aromatic nitrogens is 1. The number of hydrogen-bond acceptors (Lipinski definition) is 4. The third-order valence-corrected chi connectivity index (χ3v) is 6.95. The molecule has 0 spiro atoms. The predicted molar refractivity (Wildman–Crippen MR) is 145 cm³/mol. The van der Waals surface area contributed by atoms with Crippen LogP contribution in [-0.4, -0.2) is 35.9 Å². The number of pyridine rings is 1. The molecule has 0 saturated heterocycles. The number of rotatable bonds is 6. The van der Waals surface area contributed by atoms with Gasteiger partial charge in [-0.3, -0.25) is 14.6 Å². The number of fused-ring (bicyclic) bond motifs is 2. The van der Waals surface area contributed by atoms with E-state index in [0.29, 0.717) is 18.9 Å². The molecule has 1 aliphatic carbocycles. The summed E-state index contributed by atoms with van der Waals surface area (Å²) in [7, 11) is 1.75. The van der Waals surface area contributed by atoms with Gasteiger partial charge in [-0.05, 0) is 74.4 Å². The molecule has 35 heavy (non-hydrogen) atoms. The van der Waals surface area contributed by atoms with Crippen LogP contribution in [0.3, 0.4) is 0 Å². The first-order chi connectivity index (χ1) is 16.1. The highest BCUT2D eigenvalue weighted by atomic mass is 35.5. The van der Waals surface area contributed by atoms with Gasteiger partial charge in [-0.25, -0.2) is 0 Å². The Morgan fingerprint density at radius 1 is 1.09 bits per heavy atom. The molecule has 2 amide bonds. The number of halogens is 2. The maximum atomic E-state index is 13.9. The third kappa shape index (κ3) is 5.45. The van der Waals surface area contributed by atoms with E-state index in [0.717, 1.165) is 41.4 Å². The van der Waals surface area contributed by atoms with Gasteiger partial charge in [-0.1, -0.05) is 36.4 Å². The number of anilines is 1. The Morgan fingerprint density at radius 2 is 1.80 bits per heavy atom. The largest absolute Gasteiger partial charge is 0.343 e. The molecule has 0 radical (unpaired) electrons. The summed E-state index contributed by atoms with van der Waals surface area (Å²) in [5.74, 6) is 0.301. The summed E-state index contributed by atoms with van der Waals surface area (Å²) in [5, 5.41) is 7.05. The van der Waals surface area contributed by atoms with Gasteiger partial charge in [0.2, 0.25) is 11.8 Å². The van der Waals surface area contributed by atoms with Gasteiger partial charge in [-0.15, -0.1) is 24.8 Å². The summed E-state index contributed by atoms with van der Waals surface area (Å²) < 4.78 is 0. The number of carbonyl (C=O) groups excluding carboxylic acids is 2. The standard InChI is InChI=1S/C27H30N4O2.2ClH/c1-17(28-2)26(32)30-24-14-13-19-7-3-6-10-25(19)31(27(24)33)16-22-20-8-4-5-9-23(20)29-15-21(22)18-11-12-18;;/h3-10,15,17-18,24,28H,11-14,16H2,1-2H3,(H,30,32);2*1H. The SMILES string of the molecule is CNC(C)C(=O)NC1CCc2ccccc2N(Cc2c(C3CC3)cnc3ccccc23)C1=O.Cl.Cl. The minimum absolute atomic E-state index is 0. The van der Waals surface area contributed by atoms with Crippen molar-refractivity contribution >= 4 is 53.2 Å². The molecular formula is C27H32Cl2N4O2. The minimum atomic E-state index is -0.557. The van der Waals surface area contributed by atoms with Crippen molar-refractivity contribution in [2.24, 2.45) is 0 Å². The molecule has 3 aromatic rings. The Morgan fingerprint density at radius 3 is 2.54 bits per heavy atom. The van der Waals surface area contributed by atoms with Crippen LogP contribution < -0.4 is 15.5 Å². The molecule has 2 unspecified atom stereocenters. The Balaban J connectivity index is 0.00000171. The lowest BCUT2D eigenvalue weighted by Gasteiger charge is -2.28. The molecule has 2 aliphatic rings. The average molecular weight is 515 g/mol. The van der Waals surface area contributed by atoms with Gasteiger partial charge < -0.3 is 15.5 Å². The van der Waals surface area contributed by atoms with Crippen molar-refractivity contribution in [3.63, 3.8) is 0 Å². The number of likely N-dealkylation sites (N-methyl/N-ethyl adjacent to an activating group) is 1. The van der Waals surface area contributed by atoms with Crippen molar-refractivity contribution in [3.8, 4) is 0 Å². The normalized spacial score (nSPS) is 18.1. The van der Waals surface area contributed by atoms with E-state index < -0.39 is 6.04 Å². The molecule has 1 aromatic heterocycles. The first-order valence-corrected chi connectivity index (χ1v) is 11.8. The van der Waals surface area contributed by atoms with Crippen molar-refractivity contribution in [2.75, 3.05) is 11.9 Å². The number of hydrogen-bond donors (Lipinski definition) is 2. The van der Waals surface area contributed by atoms with E-state index in [1.807, 2.05) is 47.5 Å². The Kier molecular flexibility index (Phi) is 8.75. The molecule has 1 saturated carbocycles. The summed E-state index contributed by atoms with van der Waals surface area (Å²) in [6.07, 6.45) is 5.65. The van der Waals surface area contributed by atoms with Crippen molar-refractivity contribution in [2.45, 2.75) is 57.2 Å². The van der Waals surface area contributed by atoms with Crippen molar-refractivity contribution in [3.05, 3.63) is 71.4 Å². The molecule has 5 rings (SSSR count). The fourth-order valence-electron chi connectivity index (χ4n) is 4.74. The lowest BCUT2D eigenvalue weighted by molar-refractivity contribution is -0.128.